The minimum Gasteiger partial charge on any atom is -0.395 e. The molecule has 0 aliphatic heterocycles. The van der Waals surface area contributed by atoms with Crippen LogP contribution in [-0.2, 0) is 9.84 Å². The molecule has 0 aromatic rings. The highest BCUT2D eigenvalue weighted by Crippen LogP contribution is 2.25. The van der Waals surface area contributed by atoms with Gasteiger partial charge in [0.25, 0.3) is 0 Å². The fraction of sp³-hybridized carbons (Fsp3) is 1.00. The average Bonchev–Trinajstić information content (AvgIpc) is 2.51. The summed E-state index contributed by atoms with van der Waals surface area (Å²) in [5.74, 6) is 0. The maximum absolute atomic E-state index is 11.4. The van der Waals surface area contributed by atoms with Crippen molar-refractivity contribution in [2.45, 2.75) is 43.5 Å². The van der Waals surface area contributed by atoms with Gasteiger partial charge in [-0.25, -0.2) is 8.42 Å². The van der Waals surface area contributed by atoms with Crippen LogP contribution in [0.1, 0.15) is 26.2 Å². The fourth-order valence-corrected chi connectivity index (χ4v) is 3.45. The summed E-state index contributed by atoms with van der Waals surface area (Å²) in [6.45, 7) is 1.91. The van der Waals surface area contributed by atoms with Crippen LogP contribution >= 0.6 is 0 Å². The maximum atomic E-state index is 11.4. The lowest BCUT2D eigenvalue weighted by molar-refractivity contribution is 0.241. The van der Waals surface area contributed by atoms with Gasteiger partial charge in [0.05, 0.1) is 11.9 Å². The molecule has 1 rings (SSSR count). The number of hydrogen-bond acceptors (Lipinski definition) is 4. The van der Waals surface area contributed by atoms with Crippen molar-refractivity contribution in [2.24, 2.45) is 0 Å². The number of aliphatic hydroxyl groups excluding tert-OH is 1. The molecule has 14 heavy (non-hydrogen) atoms. The molecule has 0 amide bonds. The Balaban J connectivity index is 2.60. The number of aliphatic hydroxyl groups is 1. The molecule has 1 saturated carbocycles. The van der Waals surface area contributed by atoms with Crippen molar-refractivity contribution >= 4 is 9.84 Å². The zero-order valence-corrected chi connectivity index (χ0v) is 9.55. The van der Waals surface area contributed by atoms with Gasteiger partial charge in [-0.05, 0) is 19.8 Å². The molecule has 0 bridgehead atoms. The third-order valence-corrected chi connectivity index (χ3v) is 4.44. The van der Waals surface area contributed by atoms with Crippen molar-refractivity contribution in [3.63, 3.8) is 0 Å². The summed E-state index contributed by atoms with van der Waals surface area (Å²) in [5.41, 5.74) is 0. The Bertz CT molecular complexity index is 276. The summed E-state index contributed by atoms with van der Waals surface area (Å²) in [6.07, 6.45) is 3.88. The summed E-state index contributed by atoms with van der Waals surface area (Å²) in [7, 11) is -2.95. The lowest BCUT2D eigenvalue weighted by Crippen LogP contribution is -2.45. The molecule has 84 valence electrons. The van der Waals surface area contributed by atoms with E-state index in [-0.39, 0.29) is 23.9 Å². The highest BCUT2D eigenvalue weighted by molar-refractivity contribution is 7.91. The highest BCUT2D eigenvalue weighted by Gasteiger charge is 2.34. The SMILES string of the molecule is C[C@H](CO)N[C@H]1CCC[C@@H]1S(C)(=O)=O. The molecule has 0 unspecified atom stereocenters. The largest absolute Gasteiger partial charge is 0.395 e. The van der Waals surface area contributed by atoms with E-state index in [0.29, 0.717) is 0 Å². The van der Waals surface area contributed by atoms with Crippen LogP contribution in [0.5, 0.6) is 0 Å². The fourth-order valence-electron chi connectivity index (χ4n) is 2.05. The van der Waals surface area contributed by atoms with E-state index >= 15 is 0 Å². The first-order valence-electron chi connectivity index (χ1n) is 5.01. The van der Waals surface area contributed by atoms with Gasteiger partial charge in [0.2, 0.25) is 0 Å². The van der Waals surface area contributed by atoms with E-state index in [1.54, 1.807) is 0 Å². The summed E-state index contributed by atoms with van der Waals surface area (Å²) >= 11 is 0. The lowest BCUT2D eigenvalue weighted by atomic mass is 10.2. The molecule has 5 heteroatoms. The van der Waals surface area contributed by atoms with Gasteiger partial charge in [-0.1, -0.05) is 6.42 Å². The third kappa shape index (κ3) is 2.93. The van der Waals surface area contributed by atoms with Gasteiger partial charge < -0.3 is 10.4 Å². The Morgan fingerprint density at radius 3 is 2.64 bits per heavy atom. The highest BCUT2D eigenvalue weighted by atomic mass is 32.2. The molecule has 4 nitrogen and oxygen atoms in total. The van der Waals surface area contributed by atoms with Crippen LogP contribution in [0, 0.1) is 0 Å². The second-order valence-corrected chi connectivity index (χ2v) is 6.42. The van der Waals surface area contributed by atoms with Gasteiger partial charge in [0, 0.05) is 18.3 Å². The summed E-state index contributed by atoms with van der Waals surface area (Å²) in [5, 5.41) is 11.8. The van der Waals surface area contributed by atoms with Gasteiger partial charge in [0.15, 0.2) is 9.84 Å². The number of rotatable bonds is 4. The van der Waals surface area contributed by atoms with Crippen molar-refractivity contribution in [1.29, 1.82) is 0 Å². The Kier molecular flexibility index (Phi) is 3.92. The Morgan fingerprint density at radius 2 is 2.14 bits per heavy atom. The van der Waals surface area contributed by atoms with Crippen LogP contribution in [0.15, 0.2) is 0 Å². The zero-order valence-electron chi connectivity index (χ0n) is 8.73. The number of sulfone groups is 1. The second kappa shape index (κ2) is 4.59. The molecule has 0 spiro atoms. The van der Waals surface area contributed by atoms with Crippen LogP contribution in [0.2, 0.25) is 0 Å². The van der Waals surface area contributed by atoms with E-state index in [2.05, 4.69) is 5.32 Å². The molecule has 0 saturated heterocycles. The molecule has 0 heterocycles. The van der Waals surface area contributed by atoms with Crippen molar-refractivity contribution in [2.75, 3.05) is 12.9 Å². The van der Waals surface area contributed by atoms with Gasteiger partial charge in [-0.15, -0.1) is 0 Å². The van der Waals surface area contributed by atoms with Crippen LogP contribution in [0.3, 0.4) is 0 Å². The predicted molar refractivity (Wildman–Crippen MR) is 56.0 cm³/mol. The molecule has 3 atom stereocenters. The first kappa shape index (κ1) is 11.9. The minimum absolute atomic E-state index is 0.0205. The van der Waals surface area contributed by atoms with Crippen molar-refractivity contribution in [3.05, 3.63) is 0 Å². The van der Waals surface area contributed by atoms with Crippen LogP contribution in [0.25, 0.3) is 0 Å². The Hall–Kier alpha value is -0.130. The van der Waals surface area contributed by atoms with Gasteiger partial charge in [0.1, 0.15) is 0 Å². The van der Waals surface area contributed by atoms with E-state index in [1.165, 1.54) is 6.26 Å². The molecule has 1 fully saturated rings. The van der Waals surface area contributed by atoms with Gasteiger partial charge in [-0.3, -0.25) is 0 Å². The first-order chi connectivity index (χ1) is 6.45. The second-order valence-electron chi connectivity index (χ2n) is 4.16. The standard InChI is InChI=1S/C9H19NO3S/c1-7(6-11)10-8-4-3-5-9(8)14(2,12)13/h7-11H,3-6H2,1-2H3/t7-,8+,9+/m1/s1. The molecule has 0 radical (unpaired) electrons. The van der Waals surface area contributed by atoms with Crippen molar-refractivity contribution in [3.8, 4) is 0 Å². The van der Waals surface area contributed by atoms with Crippen molar-refractivity contribution < 1.29 is 13.5 Å². The van der Waals surface area contributed by atoms with E-state index in [9.17, 15) is 8.42 Å². The average molecular weight is 221 g/mol. The molecular formula is C9H19NO3S. The number of hydrogen-bond donors (Lipinski definition) is 2. The summed E-state index contributed by atoms with van der Waals surface area (Å²) in [4.78, 5) is 0. The van der Waals surface area contributed by atoms with Gasteiger partial charge >= 0.3 is 0 Å². The molecular weight excluding hydrogens is 202 g/mol. The maximum Gasteiger partial charge on any atom is 0.151 e. The molecule has 0 aromatic heterocycles. The Morgan fingerprint density at radius 1 is 1.50 bits per heavy atom. The van der Waals surface area contributed by atoms with Crippen LogP contribution in [0.4, 0.5) is 0 Å². The quantitative estimate of drug-likeness (QED) is 0.697. The van der Waals surface area contributed by atoms with E-state index in [1.807, 2.05) is 6.92 Å². The first-order valence-corrected chi connectivity index (χ1v) is 6.96. The molecule has 1 aliphatic rings. The van der Waals surface area contributed by atoms with Gasteiger partial charge in [-0.2, -0.15) is 0 Å². The molecule has 2 N–H and O–H groups in total. The summed E-state index contributed by atoms with van der Waals surface area (Å²) < 4.78 is 22.8. The Labute approximate surface area is 85.6 Å². The van der Waals surface area contributed by atoms with E-state index < -0.39 is 9.84 Å². The van der Waals surface area contributed by atoms with Crippen molar-refractivity contribution in [1.82, 2.24) is 5.32 Å². The van der Waals surface area contributed by atoms with E-state index in [0.717, 1.165) is 19.3 Å². The molecule has 0 aromatic carbocycles. The third-order valence-electron chi connectivity index (χ3n) is 2.77. The molecule has 1 aliphatic carbocycles. The zero-order chi connectivity index (χ0) is 10.8. The number of nitrogens with one attached hydrogen (secondary N) is 1. The smallest absolute Gasteiger partial charge is 0.151 e. The van der Waals surface area contributed by atoms with E-state index in [4.69, 9.17) is 5.11 Å². The normalized spacial score (nSPS) is 30.5. The topological polar surface area (TPSA) is 66.4 Å². The monoisotopic (exact) mass is 221 g/mol. The minimum atomic E-state index is -2.95. The lowest BCUT2D eigenvalue weighted by Gasteiger charge is -2.22. The predicted octanol–water partition coefficient (Wildman–Crippen LogP) is -0.0775. The van der Waals surface area contributed by atoms with Crippen LogP contribution in [-0.4, -0.2) is 43.7 Å². The summed E-state index contributed by atoms with van der Waals surface area (Å²) in [6, 6.07) is -0.00509. The van der Waals surface area contributed by atoms with Crippen LogP contribution < -0.4 is 5.32 Å².